The normalized spacial score (nSPS) is 17.8. The molecule has 0 unspecified atom stereocenters. The summed E-state index contributed by atoms with van der Waals surface area (Å²) in [6.07, 6.45) is 3.63. The first-order valence-corrected chi connectivity index (χ1v) is 6.78. The first-order chi connectivity index (χ1) is 8.49. The van der Waals surface area contributed by atoms with Crippen LogP contribution < -0.4 is 22.4 Å². The van der Waals surface area contributed by atoms with E-state index in [2.05, 4.69) is 7.05 Å². The van der Waals surface area contributed by atoms with Crippen LogP contribution in [0.1, 0.15) is 31.7 Å². The highest BCUT2D eigenvalue weighted by atomic mass is 35.5. The maximum absolute atomic E-state index is 11.8. The van der Waals surface area contributed by atoms with Crippen molar-refractivity contribution in [1.29, 1.82) is 0 Å². The van der Waals surface area contributed by atoms with E-state index in [0.717, 1.165) is 28.8 Å². The highest BCUT2D eigenvalue weighted by Crippen LogP contribution is 2.36. The van der Waals surface area contributed by atoms with Crippen molar-refractivity contribution in [3.05, 3.63) is 22.0 Å². The molecular weight excluding hydrogens is 264 g/mol. The molecule has 5 heteroatoms. The van der Waals surface area contributed by atoms with Gasteiger partial charge >= 0.3 is 0 Å². The Morgan fingerprint density at radius 2 is 1.89 bits per heavy atom. The predicted octanol–water partition coefficient (Wildman–Crippen LogP) is -0.993. The molecule has 19 heavy (non-hydrogen) atoms. The van der Waals surface area contributed by atoms with Crippen molar-refractivity contribution in [3.63, 3.8) is 0 Å². The standard InChI is InChI=1S/C14H22N2O2.ClH/c1-4-15-12(17)10-11(2)13(14(15)18)16(3)8-6-5-7-9-16;/h10H,4-9H2,1-3H3;1H. The summed E-state index contributed by atoms with van der Waals surface area (Å²) in [5.74, 6) is 0.159. The van der Waals surface area contributed by atoms with E-state index in [1.54, 1.807) is 6.07 Å². The number of aromatic hydroxyl groups is 1. The second-order valence-corrected chi connectivity index (χ2v) is 5.49. The number of hydrogen-bond donors (Lipinski definition) is 1. The molecule has 0 radical (unpaired) electrons. The summed E-state index contributed by atoms with van der Waals surface area (Å²) >= 11 is 0. The van der Waals surface area contributed by atoms with Crippen LogP contribution in [0.4, 0.5) is 5.69 Å². The lowest BCUT2D eigenvalue weighted by atomic mass is 10.1. The molecule has 1 aromatic heterocycles. The first kappa shape index (κ1) is 16.1. The van der Waals surface area contributed by atoms with E-state index in [1.807, 2.05) is 13.8 Å². The van der Waals surface area contributed by atoms with Crippen LogP contribution in [-0.2, 0) is 6.54 Å². The van der Waals surface area contributed by atoms with Crippen LogP contribution in [0.2, 0.25) is 0 Å². The van der Waals surface area contributed by atoms with Gasteiger partial charge in [0.05, 0.1) is 20.1 Å². The summed E-state index contributed by atoms with van der Waals surface area (Å²) in [4.78, 5) is 11.8. The summed E-state index contributed by atoms with van der Waals surface area (Å²) < 4.78 is 2.21. The summed E-state index contributed by atoms with van der Waals surface area (Å²) in [6.45, 7) is 6.40. The highest BCUT2D eigenvalue weighted by molar-refractivity contribution is 5.57. The van der Waals surface area contributed by atoms with Crippen molar-refractivity contribution in [1.82, 2.24) is 9.05 Å². The van der Waals surface area contributed by atoms with Gasteiger partial charge in [-0.05, 0) is 33.1 Å². The number of quaternary nitrogens is 1. The van der Waals surface area contributed by atoms with Gasteiger partial charge in [0, 0.05) is 18.2 Å². The topological polar surface area (TPSA) is 42.2 Å². The van der Waals surface area contributed by atoms with Crippen molar-refractivity contribution in [2.45, 2.75) is 39.7 Å². The van der Waals surface area contributed by atoms with Crippen molar-refractivity contribution in [2.75, 3.05) is 20.1 Å². The van der Waals surface area contributed by atoms with Gasteiger partial charge in [-0.3, -0.25) is 13.8 Å². The molecule has 1 N–H and O–H groups in total. The number of rotatable bonds is 2. The lowest BCUT2D eigenvalue weighted by Gasteiger charge is -2.38. The summed E-state index contributed by atoms with van der Waals surface area (Å²) in [7, 11) is 2.16. The van der Waals surface area contributed by atoms with Crippen LogP contribution in [0.25, 0.3) is 0 Å². The lowest BCUT2D eigenvalue weighted by molar-refractivity contribution is -0.00000530. The number of piperidine rings is 1. The largest absolute Gasteiger partial charge is 1.00 e. The van der Waals surface area contributed by atoms with E-state index < -0.39 is 0 Å². The summed E-state index contributed by atoms with van der Waals surface area (Å²) in [6, 6.07) is 1.65. The Balaban J connectivity index is 0.00000180. The van der Waals surface area contributed by atoms with Crippen LogP contribution in [0.3, 0.4) is 0 Å². The fourth-order valence-corrected chi connectivity index (χ4v) is 3.15. The Hall–Kier alpha value is -1.00. The zero-order chi connectivity index (χ0) is 13.3. The Morgan fingerprint density at radius 1 is 1.32 bits per heavy atom. The van der Waals surface area contributed by atoms with Gasteiger partial charge in [0.25, 0.3) is 11.4 Å². The molecule has 4 nitrogen and oxygen atoms in total. The monoisotopic (exact) mass is 286 g/mol. The predicted molar refractivity (Wildman–Crippen MR) is 74.1 cm³/mol. The molecule has 0 bridgehead atoms. The van der Waals surface area contributed by atoms with Crippen LogP contribution in [0.5, 0.6) is 5.88 Å². The molecule has 1 saturated heterocycles. The van der Waals surface area contributed by atoms with Crippen LogP contribution in [0.15, 0.2) is 10.9 Å². The van der Waals surface area contributed by atoms with Gasteiger partial charge in [-0.1, -0.05) is 0 Å². The van der Waals surface area contributed by atoms with E-state index >= 15 is 0 Å². The minimum Gasteiger partial charge on any atom is -1.00 e. The van der Waals surface area contributed by atoms with Crippen molar-refractivity contribution >= 4 is 5.69 Å². The summed E-state index contributed by atoms with van der Waals surface area (Å²) in [5.41, 5.74) is 1.72. The van der Waals surface area contributed by atoms with E-state index in [0.29, 0.717) is 6.54 Å². The van der Waals surface area contributed by atoms with Crippen molar-refractivity contribution in [3.8, 4) is 5.88 Å². The first-order valence-electron chi connectivity index (χ1n) is 6.78. The molecule has 1 aliphatic heterocycles. The third-order valence-electron chi connectivity index (χ3n) is 4.11. The maximum Gasteiger partial charge on any atom is 0.257 e. The zero-order valence-corrected chi connectivity index (χ0v) is 12.7. The average Bonchev–Trinajstić information content (AvgIpc) is 2.29. The molecule has 0 spiro atoms. The van der Waals surface area contributed by atoms with Crippen molar-refractivity contribution in [2.24, 2.45) is 0 Å². The molecule has 0 aliphatic carbocycles. The molecule has 1 fully saturated rings. The molecule has 2 rings (SSSR count). The number of hydrogen-bond acceptors (Lipinski definition) is 2. The Morgan fingerprint density at radius 3 is 2.42 bits per heavy atom. The van der Waals surface area contributed by atoms with Crippen LogP contribution in [0, 0.1) is 6.92 Å². The van der Waals surface area contributed by atoms with Gasteiger partial charge in [-0.15, -0.1) is 0 Å². The molecule has 2 heterocycles. The van der Waals surface area contributed by atoms with Crippen molar-refractivity contribution < 1.29 is 17.5 Å². The van der Waals surface area contributed by atoms with E-state index in [9.17, 15) is 9.90 Å². The number of aromatic nitrogens is 1. The fourth-order valence-electron chi connectivity index (χ4n) is 3.15. The van der Waals surface area contributed by atoms with Gasteiger partial charge < -0.3 is 17.5 Å². The lowest BCUT2D eigenvalue weighted by Crippen LogP contribution is -3.00. The highest BCUT2D eigenvalue weighted by Gasteiger charge is 2.33. The molecule has 0 amide bonds. The SMILES string of the molecule is CCn1c(O)c([N+]2(C)CCCCC2)c(C)cc1=O.[Cl-]. The Bertz CT molecular complexity index is 505. The zero-order valence-electron chi connectivity index (χ0n) is 11.9. The van der Waals surface area contributed by atoms with Gasteiger partial charge in [0.2, 0.25) is 0 Å². The van der Waals surface area contributed by atoms with Crippen LogP contribution in [-0.4, -0.2) is 29.8 Å². The number of likely N-dealkylation sites (tertiary alicyclic amines) is 1. The number of pyridine rings is 1. The maximum atomic E-state index is 11.8. The van der Waals surface area contributed by atoms with E-state index in [-0.39, 0.29) is 23.8 Å². The Labute approximate surface area is 120 Å². The number of halogens is 1. The second kappa shape index (κ2) is 5.97. The minimum absolute atomic E-state index is 0. The number of aryl methyl sites for hydroxylation is 1. The average molecular weight is 287 g/mol. The minimum atomic E-state index is -0.111. The third kappa shape index (κ3) is 2.79. The molecule has 0 aromatic carbocycles. The molecule has 108 valence electrons. The van der Waals surface area contributed by atoms with Gasteiger partial charge in [0.15, 0.2) is 5.69 Å². The quantitative estimate of drug-likeness (QED) is 0.709. The second-order valence-electron chi connectivity index (χ2n) is 5.49. The molecule has 0 atom stereocenters. The van der Waals surface area contributed by atoms with E-state index in [1.165, 1.54) is 23.8 Å². The molecule has 1 aliphatic rings. The fraction of sp³-hybridized carbons (Fsp3) is 0.643. The molecular formula is C14H23ClN2O2. The van der Waals surface area contributed by atoms with E-state index in [4.69, 9.17) is 0 Å². The van der Waals surface area contributed by atoms with Gasteiger partial charge in [-0.2, -0.15) is 0 Å². The smallest absolute Gasteiger partial charge is 0.257 e. The summed E-state index contributed by atoms with van der Waals surface area (Å²) in [5, 5.41) is 10.4. The molecule has 0 saturated carbocycles. The van der Waals surface area contributed by atoms with Gasteiger partial charge in [-0.25, -0.2) is 0 Å². The van der Waals surface area contributed by atoms with Crippen LogP contribution >= 0.6 is 0 Å². The third-order valence-corrected chi connectivity index (χ3v) is 4.11. The van der Waals surface area contributed by atoms with Gasteiger partial charge in [0.1, 0.15) is 0 Å². The Kier molecular flexibility index (Phi) is 5.04. The molecule has 1 aromatic rings. The number of nitrogens with zero attached hydrogens (tertiary/aromatic N) is 2.